The highest BCUT2D eigenvalue weighted by molar-refractivity contribution is 5.39. The summed E-state index contributed by atoms with van der Waals surface area (Å²) < 4.78 is 10.8. The van der Waals surface area contributed by atoms with E-state index >= 15 is 0 Å². The lowest BCUT2D eigenvalue weighted by molar-refractivity contribution is 0.0801. The van der Waals surface area contributed by atoms with Crippen molar-refractivity contribution in [1.29, 1.82) is 0 Å². The molecule has 0 amide bonds. The fourth-order valence-electron chi connectivity index (χ4n) is 2.58. The Morgan fingerprint density at radius 3 is 2.55 bits per heavy atom. The van der Waals surface area contributed by atoms with Crippen LogP contribution in [0.2, 0.25) is 0 Å². The van der Waals surface area contributed by atoms with Gasteiger partial charge < -0.3 is 19.9 Å². The maximum Gasteiger partial charge on any atom is 0.161 e. The van der Waals surface area contributed by atoms with E-state index in [-0.39, 0.29) is 12.1 Å². The molecule has 1 aliphatic rings. The van der Waals surface area contributed by atoms with Crippen LogP contribution in [0.3, 0.4) is 0 Å². The van der Waals surface area contributed by atoms with Crippen LogP contribution in [-0.2, 0) is 0 Å². The molecule has 0 bridgehead atoms. The molecule has 0 aliphatic heterocycles. The van der Waals surface area contributed by atoms with Gasteiger partial charge in [-0.05, 0) is 37.8 Å². The SMILES string of the molecule is CCC1(NCC(O)COc2ccccc2OC)CCC1. The molecule has 4 nitrogen and oxygen atoms in total. The number of ether oxygens (including phenoxy) is 2. The maximum atomic E-state index is 10.0. The number of aliphatic hydroxyl groups is 1. The van der Waals surface area contributed by atoms with E-state index < -0.39 is 6.10 Å². The number of aliphatic hydroxyl groups excluding tert-OH is 1. The van der Waals surface area contributed by atoms with Crippen molar-refractivity contribution < 1.29 is 14.6 Å². The van der Waals surface area contributed by atoms with Gasteiger partial charge in [0.25, 0.3) is 0 Å². The number of β-amino-alcohol motifs (C(OH)–C–C–N with tert-alkyl or cyclic N) is 1. The summed E-state index contributed by atoms with van der Waals surface area (Å²) in [5.41, 5.74) is 0.255. The highest BCUT2D eigenvalue weighted by Gasteiger charge is 2.34. The van der Waals surface area contributed by atoms with Crippen LogP contribution < -0.4 is 14.8 Å². The van der Waals surface area contributed by atoms with Crippen molar-refractivity contribution in [2.24, 2.45) is 0 Å². The summed E-state index contributed by atoms with van der Waals surface area (Å²) in [6.07, 6.45) is 4.32. The first-order chi connectivity index (χ1) is 9.69. The second-order valence-corrected chi connectivity index (χ2v) is 5.48. The number of para-hydroxylation sites is 2. The number of benzene rings is 1. The van der Waals surface area contributed by atoms with Crippen LogP contribution in [0.1, 0.15) is 32.6 Å². The molecule has 4 heteroatoms. The number of methoxy groups -OCH3 is 1. The average molecular weight is 279 g/mol. The van der Waals surface area contributed by atoms with Crippen molar-refractivity contribution in [3.05, 3.63) is 24.3 Å². The van der Waals surface area contributed by atoms with Crippen molar-refractivity contribution in [2.45, 2.75) is 44.2 Å². The summed E-state index contributed by atoms with van der Waals surface area (Å²) in [6, 6.07) is 7.48. The zero-order valence-corrected chi connectivity index (χ0v) is 12.4. The van der Waals surface area contributed by atoms with Crippen LogP contribution in [-0.4, -0.2) is 37.0 Å². The van der Waals surface area contributed by atoms with Crippen LogP contribution in [0.5, 0.6) is 11.5 Å². The maximum absolute atomic E-state index is 10.0. The Hall–Kier alpha value is -1.26. The zero-order chi connectivity index (χ0) is 14.4. The molecule has 1 aromatic carbocycles. The molecule has 20 heavy (non-hydrogen) atoms. The van der Waals surface area contributed by atoms with Gasteiger partial charge in [-0.15, -0.1) is 0 Å². The lowest BCUT2D eigenvalue weighted by Gasteiger charge is -2.42. The Bertz CT molecular complexity index is 412. The predicted octanol–water partition coefficient (Wildman–Crippen LogP) is 2.36. The minimum absolute atomic E-state index is 0.255. The lowest BCUT2D eigenvalue weighted by atomic mass is 9.75. The van der Waals surface area contributed by atoms with Gasteiger partial charge in [-0.25, -0.2) is 0 Å². The van der Waals surface area contributed by atoms with E-state index in [4.69, 9.17) is 9.47 Å². The van der Waals surface area contributed by atoms with Crippen molar-refractivity contribution in [3.63, 3.8) is 0 Å². The molecule has 0 radical (unpaired) electrons. The molecule has 0 heterocycles. The highest BCUT2D eigenvalue weighted by Crippen LogP contribution is 2.34. The van der Waals surface area contributed by atoms with Gasteiger partial charge >= 0.3 is 0 Å². The molecular formula is C16H25NO3. The first-order valence-corrected chi connectivity index (χ1v) is 7.38. The van der Waals surface area contributed by atoms with Gasteiger partial charge in [-0.3, -0.25) is 0 Å². The quantitative estimate of drug-likeness (QED) is 0.767. The van der Waals surface area contributed by atoms with E-state index in [1.54, 1.807) is 7.11 Å². The minimum atomic E-state index is -0.510. The monoisotopic (exact) mass is 279 g/mol. The molecule has 1 unspecified atom stereocenters. The molecular weight excluding hydrogens is 254 g/mol. The normalized spacial score (nSPS) is 18.1. The molecule has 1 atom stereocenters. The molecule has 2 N–H and O–H groups in total. The van der Waals surface area contributed by atoms with E-state index in [9.17, 15) is 5.11 Å². The van der Waals surface area contributed by atoms with Gasteiger partial charge in [0.15, 0.2) is 11.5 Å². The zero-order valence-electron chi connectivity index (χ0n) is 12.4. The van der Waals surface area contributed by atoms with Crippen LogP contribution in [0.15, 0.2) is 24.3 Å². The number of rotatable bonds is 8. The van der Waals surface area contributed by atoms with Crippen molar-refractivity contribution in [3.8, 4) is 11.5 Å². The van der Waals surface area contributed by atoms with Crippen LogP contribution in [0.25, 0.3) is 0 Å². The van der Waals surface area contributed by atoms with Gasteiger partial charge in [0.2, 0.25) is 0 Å². The molecule has 0 saturated heterocycles. The Kier molecular flexibility index (Phi) is 5.26. The summed E-state index contributed by atoms with van der Waals surface area (Å²) in [4.78, 5) is 0. The van der Waals surface area contributed by atoms with E-state index in [0.29, 0.717) is 18.0 Å². The summed E-state index contributed by atoms with van der Waals surface area (Å²) in [5.74, 6) is 1.36. The Labute approximate surface area is 121 Å². The van der Waals surface area contributed by atoms with E-state index in [1.807, 2.05) is 24.3 Å². The topological polar surface area (TPSA) is 50.7 Å². The smallest absolute Gasteiger partial charge is 0.161 e. The van der Waals surface area contributed by atoms with Gasteiger partial charge in [0.05, 0.1) is 7.11 Å². The van der Waals surface area contributed by atoms with Crippen molar-refractivity contribution >= 4 is 0 Å². The summed E-state index contributed by atoms with van der Waals surface area (Å²) in [6.45, 7) is 3.04. The Morgan fingerprint density at radius 1 is 1.30 bits per heavy atom. The van der Waals surface area contributed by atoms with Crippen molar-refractivity contribution in [1.82, 2.24) is 5.32 Å². The summed E-state index contributed by atoms with van der Waals surface area (Å²) in [7, 11) is 1.61. The molecule has 112 valence electrons. The highest BCUT2D eigenvalue weighted by atomic mass is 16.5. The van der Waals surface area contributed by atoms with Crippen LogP contribution >= 0.6 is 0 Å². The van der Waals surface area contributed by atoms with Gasteiger partial charge in [-0.2, -0.15) is 0 Å². The first kappa shape index (κ1) is 15.1. The largest absolute Gasteiger partial charge is 0.493 e. The number of hydrogen-bond acceptors (Lipinski definition) is 4. The first-order valence-electron chi connectivity index (χ1n) is 7.38. The minimum Gasteiger partial charge on any atom is -0.493 e. The van der Waals surface area contributed by atoms with E-state index in [0.717, 1.165) is 6.42 Å². The second kappa shape index (κ2) is 6.95. The molecule has 1 aromatic rings. The van der Waals surface area contributed by atoms with Gasteiger partial charge in [-0.1, -0.05) is 19.1 Å². The van der Waals surface area contributed by atoms with Gasteiger partial charge in [0.1, 0.15) is 12.7 Å². The second-order valence-electron chi connectivity index (χ2n) is 5.48. The van der Waals surface area contributed by atoms with Gasteiger partial charge in [0, 0.05) is 12.1 Å². The van der Waals surface area contributed by atoms with Crippen LogP contribution in [0.4, 0.5) is 0 Å². The van der Waals surface area contributed by atoms with E-state index in [1.165, 1.54) is 19.3 Å². The Morgan fingerprint density at radius 2 is 2.00 bits per heavy atom. The summed E-state index contributed by atoms with van der Waals surface area (Å²) in [5, 5.41) is 13.5. The van der Waals surface area contributed by atoms with Crippen molar-refractivity contribution in [2.75, 3.05) is 20.3 Å². The lowest BCUT2D eigenvalue weighted by Crippen LogP contribution is -2.53. The van der Waals surface area contributed by atoms with E-state index in [2.05, 4.69) is 12.2 Å². The third-order valence-electron chi connectivity index (χ3n) is 4.20. The predicted molar refractivity (Wildman–Crippen MR) is 79.4 cm³/mol. The number of hydrogen-bond donors (Lipinski definition) is 2. The standard InChI is InChI=1S/C16H25NO3/c1-3-16(9-6-10-16)17-11-13(18)12-20-15-8-5-4-7-14(15)19-2/h4-5,7-8,13,17-18H,3,6,9-12H2,1-2H3. The fourth-order valence-corrected chi connectivity index (χ4v) is 2.58. The molecule has 0 aromatic heterocycles. The fraction of sp³-hybridized carbons (Fsp3) is 0.625. The molecule has 1 fully saturated rings. The van der Waals surface area contributed by atoms with Crippen LogP contribution in [0, 0.1) is 0 Å². The third-order valence-corrected chi connectivity index (χ3v) is 4.20. The summed E-state index contributed by atoms with van der Waals surface area (Å²) >= 11 is 0. The average Bonchev–Trinajstić information content (AvgIpc) is 2.44. The Balaban J connectivity index is 1.76. The molecule has 1 saturated carbocycles. The third kappa shape index (κ3) is 3.64. The number of nitrogens with one attached hydrogen (secondary N) is 1. The molecule has 0 spiro atoms. The molecule has 1 aliphatic carbocycles. The molecule has 2 rings (SSSR count).